The molecule has 0 saturated heterocycles. The first-order valence-electron chi connectivity index (χ1n) is 11.6. The molecule has 202 valence electrons. The van der Waals surface area contributed by atoms with Crippen molar-refractivity contribution < 1.29 is 47.3 Å². The molecule has 0 radical (unpaired) electrons. The van der Waals surface area contributed by atoms with E-state index in [0.29, 0.717) is 11.3 Å². The van der Waals surface area contributed by atoms with Crippen molar-refractivity contribution in [2.24, 2.45) is 0 Å². The molecule has 0 aliphatic carbocycles. The molecule has 0 heterocycles. The topological polar surface area (TPSA) is 147 Å². The van der Waals surface area contributed by atoms with Crippen LogP contribution >= 0.6 is 7.60 Å². The van der Waals surface area contributed by atoms with Crippen molar-refractivity contribution in [2.75, 3.05) is 39.8 Å². The highest BCUT2D eigenvalue weighted by Crippen LogP contribution is 2.47. The van der Waals surface area contributed by atoms with Gasteiger partial charge < -0.3 is 19.3 Å². The summed E-state index contributed by atoms with van der Waals surface area (Å²) in [6, 6.07) is 13.8. The number of nitrogens with one attached hydrogen (secondary N) is 1. The summed E-state index contributed by atoms with van der Waals surface area (Å²) >= 11 is 0. The first kappa shape index (κ1) is 30.0. The highest BCUT2D eigenvalue weighted by Gasteiger charge is 2.31. The summed E-state index contributed by atoms with van der Waals surface area (Å²) in [5.41, 5.74) is 2.46. The molecule has 0 saturated carbocycles. The third-order valence-electron chi connectivity index (χ3n) is 5.02. The second kappa shape index (κ2) is 15.1. The molecule has 2 N–H and O–H groups in total. The van der Waals surface area contributed by atoms with E-state index >= 15 is 0 Å². The van der Waals surface area contributed by atoms with Gasteiger partial charge >= 0.3 is 25.5 Å². The van der Waals surface area contributed by atoms with Crippen molar-refractivity contribution in [1.82, 2.24) is 5.32 Å². The van der Waals surface area contributed by atoms with Crippen LogP contribution in [0, 0.1) is 0 Å². The Labute approximate surface area is 215 Å². The third kappa shape index (κ3) is 9.97. The van der Waals surface area contributed by atoms with Gasteiger partial charge in [-0.3, -0.25) is 23.7 Å². The van der Waals surface area contributed by atoms with Crippen molar-refractivity contribution in [3.8, 4) is 16.9 Å². The number of carbonyl (C=O) groups excluding carboxylic acids is 2. The van der Waals surface area contributed by atoms with Gasteiger partial charge in [0.15, 0.2) is 13.2 Å². The second-order valence-corrected chi connectivity index (χ2v) is 9.67. The Kier molecular flexibility index (Phi) is 12.2. The molecule has 2 aromatic carbocycles. The van der Waals surface area contributed by atoms with Crippen molar-refractivity contribution >= 4 is 25.5 Å². The van der Waals surface area contributed by atoms with Crippen LogP contribution in [0.2, 0.25) is 0 Å². The Hall–Kier alpha value is -3.24. The Balaban J connectivity index is 2.16. The number of benzene rings is 2. The summed E-state index contributed by atoms with van der Waals surface area (Å²) in [5, 5.41) is 12.4. The van der Waals surface area contributed by atoms with E-state index in [1.807, 2.05) is 36.4 Å². The van der Waals surface area contributed by atoms with E-state index in [2.05, 4.69) is 5.32 Å². The number of esters is 2. The van der Waals surface area contributed by atoms with Gasteiger partial charge in [-0.05, 0) is 36.6 Å². The SMILES string of the molecule is CCOC(=O)COP(=O)(CN[C@@H](Cc1ccc(-c2ccccc2)cc1OC)C(=O)O)OCC(=O)OCC. The highest BCUT2D eigenvalue weighted by molar-refractivity contribution is 7.53. The quantitative estimate of drug-likeness (QED) is 0.240. The van der Waals surface area contributed by atoms with Gasteiger partial charge in [-0.25, -0.2) is 9.59 Å². The van der Waals surface area contributed by atoms with Crippen LogP contribution in [-0.4, -0.2) is 68.9 Å². The molecule has 0 amide bonds. The van der Waals surface area contributed by atoms with Crippen LogP contribution in [0.3, 0.4) is 0 Å². The minimum Gasteiger partial charge on any atom is -0.496 e. The fourth-order valence-corrected chi connectivity index (χ4v) is 4.55. The smallest absolute Gasteiger partial charge is 0.345 e. The molecule has 37 heavy (non-hydrogen) atoms. The van der Waals surface area contributed by atoms with Crippen LogP contribution in [0.1, 0.15) is 19.4 Å². The molecule has 12 heteroatoms. The summed E-state index contributed by atoms with van der Waals surface area (Å²) in [5.74, 6) is -2.33. The first-order valence-corrected chi connectivity index (χ1v) is 13.3. The van der Waals surface area contributed by atoms with Gasteiger partial charge in [0.05, 0.1) is 26.6 Å². The molecule has 0 aliphatic heterocycles. The molecular weight excluding hydrogens is 505 g/mol. The molecule has 0 bridgehead atoms. The molecule has 0 fully saturated rings. The zero-order valence-electron chi connectivity index (χ0n) is 21.0. The summed E-state index contributed by atoms with van der Waals surface area (Å²) in [6.45, 7) is 1.94. The lowest BCUT2D eigenvalue weighted by molar-refractivity contribution is -0.146. The van der Waals surface area contributed by atoms with Crippen LogP contribution in [0.25, 0.3) is 11.1 Å². The number of carboxylic acid groups (broad SMARTS) is 1. The van der Waals surface area contributed by atoms with Gasteiger partial charge in [0.2, 0.25) is 0 Å². The van der Waals surface area contributed by atoms with Crippen molar-refractivity contribution in [3.63, 3.8) is 0 Å². The summed E-state index contributed by atoms with van der Waals surface area (Å²) in [4.78, 5) is 35.3. The van der Waals surface area contributed by atoms with Crippen LogP contribution in [0.5, 0.6) is 5.75 Å². The highest BCUT2D eigenvalue weighted by atomic mass is 31.2. The first-order chi connectivity index (χ1) is 17.7. The number of aliphatic carboxylic acids is 1. The number of ether oxygens (including phenoxy) is 3. The fraction of sp³-hybridized carbons (Fsp3) is 0.400. The maximum atomic E-state index is 13.2. The van der Waals surface area contributed by atoms with Gasteiger partial charge in [-0.15, -0.1) is 0 Å². The monoisotopic (exact) mass is 537 g/mol. The van der Waals surface area contributed by atoms with E-state index in [1.54, 1.807) is 26.0 Å². The van der Waals surface area contributed by atoms with Crippen LogP contribution < -0.4 is 10.1 Å². The van der Waals surface area contributed by atoms with Gasteiger partial charge in [0.25, 0.3) is 0 Å². The molecule has 0 unspecified atom stereocenters. The fourth-order valence-electron chi connectivity index (χ4n) is 3.25. The maximum Gasteiger partial charge on any atom is 0.345 e. The maximum absolute atomic E-state index is 13.2. The average Bonchev–Trinajstić information content (AvgIpc) is 2.89. The van der Waals surface area contributed by atoms with E-state index in [4.69, 9.17) is 23.3 Å². The molecule has 2 aromatic rings. The predicted molar refractivity (Wildman–Crippen MR) is 134 cm³/mol. The number of carboxylic acids is 1. The summed E-state index contributed by atoms with van der Waals surface area (Å²) < 4.78 is 38.4. The minimum absolute atomic E-state index is 0.0245. The molecule has 0 aliphatic rings. The number of hydrogen-bond acceptors (Lipinski definition) is 10. The van der Waals surface area contributed by atoms with E-state index < -0.39 is 51.0 Å². The van der Waals surface area contributed by atoms with E-state index in [1.165, 1.54) is 7.11 Å². The molecule has 11 nitrogen and oxygen atoms in total. The predicted octanol–water partition coefficient (Wildman–Crippen LogP) is 3.26. The van der Waals surface area contributed by atoms with Crippen LogP contribution in [0.15, 0.2) is 48.5 Å². The molecular formula is C25H32NO10P. The summed E-state index contributed by atoms with van der Waals surface area (Å²) in [6.07, 6.45) is -0.615. The van der Waals surface area contributed by atoms with Gasteiger partial charge in [0.1, 0.15) is 11.8 Å². The lowest BCUT2D eigenvalue weighted by Gasteiger charge is -2.22. The van der Waals surface area contributed by atoms with E-state index in [0.717, 1.165) is 11.1 Å². The van der Waals surface area contributed by atoms with E-state index in [-0.39, 0.29) is 19.6 Å². The lowest BCUT2D eigenvalue weighted by Crippen LogP contribution is -2.39. The van der Waals surface area contributed by atoms with Crippen LogP contribution in [-0.2, 0) is 43.9 Å². The zero-order valence-corrected chi connectivity index (χ0v) is 21.9. The van der Waals surface area contributed by atoms with E-state index in [9.17, 15) is 24.1 Å². The largest absolute Gasteiger partial charge is 0.496 e. The Morgan fingerprint density at radius 1 is 0.919 bits per heavy atom. The molecule has 0 spiro atoms. The zero-order chi connectivity index (χ0) is 27.3. The molecule has 1 atom stereocenters. The van der Waals surface area contributed by atoms with Crippen molar-refractivity contribution in [1.29, 1.82) is 0 Å². The van der Waals surface area contributed by atoms with Gasteiger partial charge in [0, 0.05) is 6.42 Å². The summed E-state index contributed by atoms with van der Waals surface area (Å²) in [7, 11) is -2.66. The number of hydrogen-bond donors (Lipinski definition) is 2. The lowest BCUT2D eigenvalue weighted by atomic mass is 9.99. The molecule has 0 aromatic heterocycles. The normalized spacial score (nSPS) is 12.0. The Bertz CT molecular complexity index is 1070. The number of carbonyl (C=O) groups is 3. The average molecular weight is 538 g/mol. The van der Waals surface area contributed by atoms with Crippen molar-refractivity contribution in [3.05, 3.63) is 54.1 Å². The van der Waals surface area contributed by atoms with Crippen LogP contribution in [0.4, 0.5) is 0 Å². The van der Waals surface area contributed by atoms with Gasteiger partial charge in [-0.1, -0.05) is 42.5 Å². The Morgan fingerprint density at radius 2 is 1.51 bits per heavy atom. The second-order valence-electron chi connectivity index (χ2n) is 7.62. The standard InChI is InChI=1S/C25H32NO10P/c1-4-33-23(27)15-35-37(31,36-16-24(28)34-5-2)17-26-21(25(29)30)13-20-12-11-19(14-22(20)32-3)18-9-7-6-8-10-18/h6-12,14,21,26H,4-5,13,15-17H2,1-3H3,(H,29,30)/t21-/m0/s1. The Morgan fingerprint density at radius 3 is 2.03 bits per heavy atom. The number of rotatable bonds is 16. The van der Waals surface area contributed by atoms with Crippen molar-refractivity contribution in [2.45, 2.75) is 26.3 Å². The number of methoxy groups -OCH3 is 1. The minimum atomic E-state index is -4.15. The van der Waals surface area contributed by atoms with Gasteiger partial charge in [-0.2, -0.15) is 0 Å². The molecule has 2 rings (SSSR count). The third-order valence-corrected chi connectivity index (χ3v) is 6.63.